The summed E-state index contributed by atoms with van der Waals surface area (Å²) in [6.07, 6.45) is 3.01. The minimum absolute atomic E-state index is 0.0314. The Kier molecular flexibility index (Phi) is 5.89. The highest BCUT2D eigenvalue weighted by molar-refractivity contribution is 6.62. The summed E-state index contributed by atoms with van der Waals surface area (Å²) < 4.78 is 23.6. The van der Waals surface area contributed by atoms with Crippen LogP contribution in [0.1, 0.15) is 61.3 Å². The van der Waals surface area contributed by atoms with E-state index in [1.54, 1.807) is 11.1 Å². The molecule has 0 atom stereocenters. The summed E-state index contributed by atoms with van der Waals surface area (Å²) in [4.78, 5) is 18.3. The summed E-state index contributed by atoms with van der Waals surface area (Å²) in [5.41, 5.74) is -0.368. The molecule has 2 saturated heterocycles. The van der Waals surface area contributed by atoms with Gasteiger partial charge in [0.2, 0.25) is 5.88 Å². The second-order valence-corrected chi connectivity index (χ2v) is 9.80. The normalized spacial score (nSPS) is 21.9. The summed E-state index contributed by atoms with van der Waals surface area (Å²) in [7, 11) is -0.432. The predicted octanol–water partition coefficient (Wildman–Crippen LogP) is 3.16. The Bertz CT molecular complexity index is 706. The van der Waals surface area contributed by atoms with E-state index >= 15 is 0 Å². The van der Waals surface area contributed by atoms with Crippen LogP contribution in [0.2, 0.25) is 0 Å². The molecular formula is C21H33BN2O5. The summed E-state index contributed by atoms with van der Waals surface area (Å²) in [6.45, 7) is 15.0. The van der Waals surface area contributed by atoms with Gasteiger partial charge < -0.3 is 23.7 Å². The lowest BCUT2D eigenvalue weighted by molar-refractivity contribution is 0.00578. The highest BCUT2D eigenvalue weighted by atomic mass is 16.7. The van der Waals surface area contributed by atoms with Crippen LogP contribution in [-0.4, -0.2) is 59.1 Å². The lowest BCUT2D eigenvalue weighted by Crippen LogP contribution is -2.44. The third-order valence-corrected chi connectivity index (χ3v) is 5.67. The van der Waals surface area contributed by atoms with E-state index in [1.165, 1.54) is 0 Å². The van der Waals surface area contributed by atoms with Crippen LogP contribution in [0, 0.1) is 0 Å². The Morgan fingerprint density at radius 1 is 1.14 bits per heavy atom. The largest absolute Gasteiger partial charge is 0.496 e. The third-order valence-electron chi connectivity index (χ3n) is 5.67. The van der Waals surface area contributed by atoms with Gasteiger partial charge in [-0.25, -0.2) is 9.78 Å². The zero-order valence-electron chi connectivity index (χ0n) is 18.7. The molecule has 29 heavy (non-hydrogen) atoms. The molecule has 2 aliphatic rings. The van der Waals surface area contributed by atoms with Crippen molar-refractivity contribution in [2.24, 2.45) is 0 Å². The average Bonchev–Trinajstić information content (AvgIpc) is 2.82. The number of nitrogens with zero attached hydrogens (tertiary/aromatic N) is 2. The lowest BCUT2D eigenvalue weighted by Gasteiger charge is -2.33. The second-order valence-electron chi connectivity index (χ2n) is 9.80. The Morgan fingerprint density at radius 2 is 1.72 bits per heavy atom. The summed E-state index contributed by atoms with van der Waals surface area (Å²) in [5, 5.41) is 0. The molecule has 1 aromatic rings. The summed E-state index contributed by atoms with van der Waals surface area (Å²) in [5.74, 6) is 0.570. The van der Waals surface area contributed by atoms with Crippen molar-refractivity contribution < 1.29 is 23.6 Å². The smallest absolute Gasteiger partial charge is 0.474 e. The van der Waals surface area contributed by atoms with E-state index in [9.17, 15) is 4.79 Å². The predicted molar refractivity (Wildman–Crippen MR) is 111 cm³/mol. The Hall–Kier alpha value is -1.80. The molecule has 0 aromatic carbocycles. The second kappa shape index (κ2) is 7.80. The number of pyridine rings is 1. The number of hydrogen-bond donors (Lipinski definition) is 0. The molecule has 0 bridgehead atoms. The SMILES string of the molecule is CC(C)(C)OC(=O)N1CCC(Oc2ccc(B3OC(C)(C)C(C)(C)O3)cn2)CC1. The van der Waals surface area contributed by atoms with Crippen molar-refractivity contribution >= 4 is 18.7 Å². The van der Waals surface area contributed by atoms with Gasteiger partial charge in [-0.2, -0.15) is 0 Å². The van der Waals surface area contributed by atoms with Gasteiger partial charge in [-0.15, -0.1) is 0 Å². The summed E-state index contributed by atoms with van der Waals surface area (Å²) in [6, 6.07) is 3.78. The zero-order valence-corrected chi connectivity index (χ0v) is 18.7. The van der Waals surface area contributed by atoms with Crippen LogP contribution in [0.4, 0.5) is 4.79 Å². The first kappa shape index (κ1) is 21.9. The summed E-state index contributed by atoms with van der Waals surface area (Å²) >= 11 is 0. The Morgan fingerprint density at radius 3 is 2.21 bits per heavy atom. The number of aromatic nitrogens is 1. The molecule has 2 fully saturated rings. The molecule has 3 rings (SSSR count). The molecule has 3 heterocycles. The number of piperidine rings is 1. The number of amides is 1. The minimum Gasteiger partial charge on any atom is -0.474 e. The quantitative estimate of drug-likeness (QED) is 0.721. The van der Waals surface area contributed by atoms with E-state index in [-0.39, 0.29) is 23.4 Å². The van der Waals surface area contributed by atoms with Crippen LogP contribution >= 0.6 is 0 Å². The van der Waals surface area contributed by atoms with E-state index in [1.807, 2.05) is 60.6 Å². The fourth-order valence-electron chi connectivity index (χ4n) is 3.23. The van der Waals surface area contributed by atoms with Crippen molar-refractivity contribution in [3.8, 4) is 5.88 Å². The van der Waals surface area contributed by atoms with Crippen LogP contribution in [0.15, 0.2) is 18.3 Å². The van der Waals surface area contributed by atoms with Gasteiger partial charge in [-0.05, 0) is 54.5 Å². The van der Waals surface area contributed by atoms with Gasteiger partial charge >= 0.3 is 13.2 Å². The van der Waals surface area contributed by atoms with E-state index in [4.69, 9.17) is 18.8 Å². The molecule has 0 aliphatic carbocycles. The van der Waals surface area contributed by atoms with Gasteiger partial charge in [0.25, 0.3) is 0 Å². The van der Waals surface area contributed by atoms with Crippen LogP contribution in [0.25, 0.3) is 0 Å². The van der Waals surface area contributed by atoms with Gasteiger partial charge in [-0.1, -0.05) is 6.07 Å². The Labute approximate surface area is 174 Å². The first-order chi connectivity index (χ1) is 13.4. The molecule has 1 aromatic heterocycles. The molecule has 0 unspecified atom stereocenters. The van der Waals surface area contributed by atoms with Crippen LogP contribution in [0.3, 0.4) is 0 Å². The van der Waals surface area contributed by atoms with E-state index in [0.717, 1.165) is 18.3 Å². The van der Waals surface area contributed by atoms with E-state index in [0.29, 0.717) is 19.0 Å². The molecular weight excluding hydrogens is 371 g/mol. The molecule has 8 heteroatoms. The number of hydrogen-bond acceptors (Lipinski definition) is 6. The van der Waals surface area contributed by atoms with Crippen molar-refractivity contribution in [3.63, 3.8) is 0 Å². The van der Waals surface area contributed by atoms with Crippen molar-refractivity contribution in [2.75, 3.05) is 13.1 Å². The maximum Gasteiger partial charge on any atom is 0.496 e. The maximum absolute atomic E-state index is 12.2. The molecule has 0 N–H and O–H groups in total. The fraction of sp³-hybridized carbons (Fsp3) is 0.714. The van der Waals surface area contributed by atoms with Crippen molar-refractivity contribution in [1.82, 2.24) is 9.88 Å². The van der Waals surface area contributed by atoms with Gasteiger partial charge in [0.1, 0.15) is 11.7 Å². The maximum atomic E-state index is 12.2. The highest BCUT2D eigenvalue weighted by Gasteiger charge is 2.51. The Balaban J connectivity index is 1.51. The third kappa shape index (κ3) is 5.23. The van der Waals surface area contributed by atoms with Crippen molar-refractivity contribution in [1.29, 1.82) is 0 Å². The topological polar surface area (TPSA) is 70.1 Å². The fourth-order valence-corrected chi connectivity index (χ4v) is 3.23. The lowest BCUT2D eigenvalue weighted by atomic mass is 9.80. The number of rotatable bonds is 3. The molecule has 1 amide bonds. The monoisotopic (exact) mass is 404 g/mol. The minimum atomic E-state index is -0.479. The van der Waals surface area contributed by atoms with E-state index < -0.39 is 12.7 Å². The number of ether oxygens (including phenoxy) is 2. The van der Waals surface area contributed by atoms with Crippen LogP contribution in [0.5, 0.6) is 5.88 Å². The van der Waals surface area contributed by atoms with Crippen molar-refractivity contribution in [3.05, 3.63) is 18.3 Å². The van der Waals surface area contributed by atoms with Crippen LogP contribution in [-0.2, 0) is 14.0 Å². The molecule has 160 valence electrons. The van der Waals surface area contributed by atoms with Gasteiger partial charge in [0, 0.05) is 37.6 Å². The molecule has 2 aliphatic heterocycles. The molecule has 0 saturated carbocycles. The van der Waals surface area contributed by atoms with Gasteiger partial charge in [0.05, 0.1) is 11.2 Å². The zero-order chi connectivity index (χ0) is 21.4. The van der Waals surface area contributed by atoms with E-state index in [2.05, 4.69) is 4.98 Å². The van der Waals surface area contributed by atoms with Crippen molar-refractivity contribution in [2.45, 2.75) is 84.2 Å². The number of carbonyl (C=O) groups is 1. The number of likely N-dealkylation sites (tertiary alicyclic amines) is 1. The molecule has 0 radical (unpaired) electrons. The van der Waals surface area contributed by atoms with Crippen LogP contribution < -0.4 is 10.2 Å². The first-order valence-electron chi connectivity index (χ1n) is 10.3. The number of carbonyl (C=O) groups excluding carboxylic acids is 1. The first-order valence-corrected chi connectivity index (χ1v) is 10.3. The van der Waals surface area contributed by atoms with Gasteiger partial charge in [-0.3, -0.25) is 0 Å². The highest BCUT2D eigenvalue weighted by Crippen LogP contribution is 2.36. The molecule has 7 nitrogen and oxygen atoms in total. The standard InChI is InChI=1S/C21H33BN2O5/c1-19(2,3)27-18(25)24-12-10-16(11-13-24)26-17-9-8-15(14-23-17)22-28-20(4,5)21(6,7)29-22/h8-9,14,16H,10-13H2,1-7H3. The van der Waals surface area contributed by atoms with Gasteiger partial charge in [0.15, 0.2) is 0 Å². The molecule has 0 spiro atoms. The average molecular weight is 404 g/mol.